The van der Waals surface area contributed by atoms with Crippen molar-refractivity contribution < 1.29 is 9.47 Å². The molecule has 0 amide bonds. The van der Waals surface area contributed by atoms with Crippen molar-refractivity contribution >= 4 is 49.4 Å². The van der Waals surface area contributed by atoms with Crippen LogP contribution < -0.4 is 14.8 Å². The van der Waals surface area contributed by atoms with Gasteiger partial charge in [-0.05, 0) is 93.0 Å². The van der Waals surface area contributed by atoms with Crippen molar-refractivity contribution in [3.8, 4) is 11.5 Å². The number of aliphatic imine (C=N–C) groups is 1. The molecule has 0 saturated heterocycles. The number of rotatable bonds is 7. The molecule has 1 aliphatic carbocycles. The van der Waals surface area contributed by atoms with Crippen molar-refractivity contribution in [2.24, 2.45) is 10.9 Å². The van der Waals surface area contributed by atoms with Crippen LogP contribution in [0.1, 0.15) is 40.6 Å². The van der Waals surface area contributed by atoms with Crippen molar-refractivity contribution in [3.05, 3.63) is 128 Å². The fraction of sp³-hybridized carbons (Fsp3) is 0.182. The monoisotopic (exact) mass is 642 g/mol. The number of nitrogens with one attached hydrogen (secondary N) is 1. The number of anilines is 1. The number of hydrogen-bond acceptors (Lipinski definition) is 4. The fourth-order valence-corrected chi connectivity index (χ4v) is 6.32. The molecular formula is C33H28Br2N2O2. The van der Waals surface area contributed by atoms with Crippen LogP contribution in [0, 0.1) is 5.92 Å². The number of nitrogens with zero attached hydrogens (tertiary/aromatic N) is 1. The Morgan fingerprint density at radius 3 is 2.56 bits per heavy atom. The Hall–Kier alpha value is -3.35. The molecule has 4 nitrogen and oxygen atoms in total. The molecular weight excluding hydrogens is 616 g/mol. The molecule has 39 heavy (non-hydrogen) atoms. The zero-order chi connectivity index (χ0) is 26.8. The Labute approximate surface area is 246 Å². The topological polar surface area (TPSA) is 42.8 Å². The summed E-state index contributed by atoms with van der Waals surface area (Å²) in [5, 5.41) is 3.80. The van der Waals surface area contributed by atoms with Crippen LogP contribution in [0.5, 0.6) is 11.5 Å². The largest absolute Gasteiger partial charge is 0.493 e. The van der Waals surface area contributed by atoms with Gasteiger partial charge in [-0.1, -0.05) is 70.5 Å². The summed E-state index contributed by atoms with van der Waals surface area (Å²) in [7, 11) is 1.65. The third kappa shape index (κ3) is 5.54. The van der Waals surface area contributed by atoms with Crippen LogP contribution in [0.3, 0.4) is 0 Å². The summed E-state index contributed by atoms with van der Waals surface area (Å²) >= 11 is 7.12. The summed E-state index contributed by atoms with van der Waals surface area (Å²) in [5.41, 5.74) is 6.83. The first-order chi connectivity index (χ1) is 19.1. The van der Waals surface area contributed by atoms with Gasteiger partial charge in [0.1, 0.15) is 6.61 Å². The van der Waals surface area contributed by atoms with Gasteiger partial charge in [-0.3, -0.25) is 4.99 Å². The zero-order valence-electron chi connectivity index (χ0n) is 21.5. The molecule has 0 spiro atoms. The van der Waals surface area contributed by atoms with Crippen LogP contribution in [0.2, 0.25) is 0 Å². The quantitative estimate of drug-likeness (QED) is 0.161. The van der Waals surface area contributed by atoms with Gasteiger partial charge in [0.05, 0.1) is 23.3 Å². The number of ether oxygens (including phenoxy) is 2. The highest BCUT2D eigenvalue weighted by molar-refractivity contribution is 9.10. The highest BCUT2D eigenvalue weighted by Gasteiger charge is 2.37. The molecule has 4 aromatic rings. The van der Waals surface area contributed by atoms with Gasteiger partial charge >= 0.3 is 0 Å². The molecule has 196 valence electrons. The normalized spacial score (nSPS) is 19.4. The lowest BCUT2D eigenvalue weighted by atomic mass is 9.77. The third-order valence-corrected chi connectivity index (χ3v) is 8.55. The van der Waals surface area contributed by atoms with E-state index in [9.17, 15) is 0 Å². The summed E-state index contributed by atoms with van der Waals surface area (Å²) < 4.78 is 13.6. The van der Waals surface area contributed by atoms with Crippen molar-refractivity contribution in [2.45, 2.75) is 25.0 Å². The Morgan fingerprint density at radius 2 is 1.77 bits per heavy atom. The maximum Gasteiger partial charge on any atom is 0.175 e. The molecule has 1 N–H and O–H groups in total. The second-order valence-corrected chi connectivity index (χ2v) is 11.6. The van der Waals surface area contributed by atoms with Gasteiger partial charge in [-0.2, -0.15) is 0 Å². The average Bonchev–Trinajstić information content (AvgIpc) is 3.46. The first kappa shape index (κ1) is 25.9. The summed E-state index contributed by atoms with van der Waals surface area (Å²) in [4.78, 5) is 4.73. The highest BCUT2D eigenvalue weighted by atomic mass is 79.9. The molecule has 6 heteroatoms. The maximum absolute atomic E-state index is 6.08. The second-order valence-electron chi connectivity index (χ2n) is 9.86. The van der Waals surface area contributed by atoms with E-state index in [4.69, 9.17) is 14.5 Å². The van der Waals surface area contributed by atoms with E-state index in [1.807, 2.05) is 42.6 Å². The number of methoxy groups -OCH3 is 1. The molecule has 0 aromatic heterocycles. The van der Waals surface area contributed by atoms with E-state index >= 15 is 0 Å². The van der Waals surface area contributed by atoms with E-state index < -0.39 is 0 Å². The SMILES string of the molecule is COc1cc(C=Nc2ccc([C@@H]3Nc4ccccc4[C@@H]4C=CC[C@@H]43)cc2)cc(Br)c1OCc1ccc(Br)cc1. The molecule has 0 saturated carbocycles. The molecule has 6 rings (SSSR count). The zero-order valence-corrected chi connectivity index (χ0v) is 24.7. The average molecular weight is 644 g/mol. The van der Waals surface area contributed by atoms with Gasteiger partial charge in [-0.15, -0.1) is 0 Å². The minimum absolute atomic E-state index is 0.281. The molecule has 3 atom stereocenters. The number of halogens is 2. The predicted molar refractivity (Wildman–Crippen MR) is 166 cm³/mol. The molecule has 0 unspecified atom stereocenters. The number of hydrogen-bond donors (Lipinski definition) is 1. The second kappa shape index (κ2) is 11.4. The van der Waals surface area contributed by atoms with Crippen LogP contribution >= 0.6 is 31.9 Å². The molecule has 1 heterocycles. The van der Waals surface area contributed by atoms with Crippen LogP contribution in [0.25, 0.3) is 0 Å². The fourth-order valence-electron chi connectivity index (χ4n) is 5.48. The number of para-hydroxylation sites is 1. The molecule has 2 aliphatic rings. The van der Waals surface area contributed by atoms with Crippen molar-refractivity contribution in [2.75, 3.05) is 12.4 Å². The van der Waals surface area contributed by atoms with Gasteiger partial charge in [-0.25, -0.2) is 0 Å². The predicted octanol–water partition coefficient (Wildman–Crippen LogP) is 9.38. The van der Waals surface area contributed by atoms with E-state index in [1.54, 1.807) is 7.11 Å². The standard InChI is InChI=1S/C33H28Br2N2O2/c1-38-31-18-22(17-29(35)33(31)39-20-21-9-13-24(34)14-10-21)19-36-25-15-11-23(12-16-25)32-28-7-4-6-26(28)27-5-2-3-8-30(27)37-32/h2-6,8-19,26,28,32,37H,7,20H2,1H3/t26-,28-,32-/m0/s1. The van der Waals surface area contributed by atoms with Gasteiger partial charge in [0.15, 0.2) is 11.5 Å². The van der Waals surface area contributed by atoms with E-state index in [0.717, 1.165) is 32.2 Å². The molecule has 0 radical (unpaired) electrons. The van der Waals surface area contributed by atoms with Crippen molar-refractivity contribution in [3.63, 3.8) is 0 Å². The van der Waals surface area contributed by atoms with Crippen LogP contribution in [0.15, 0.2) is 111 Å². The Balaban J connectivity index is 1.16. The van der Waals surface area contributed by atoms with Crippen LogP contribution in [-0.2, 0) is 6.61 Å². The van der Waals surface area contributed by atoms with Gasteiger partial charge in [0, 0.05) is 22.3 Å². The number of benzene rings is 4. The van der Waals surface area contributed by atoms with Gasteiger partial charge in [0.2, 0.25) is 0 Å². The van der Waals surface area contributed by atoms with Gasteiger partial charge in [0.25, 0.3) is 0 Å². The lowest BCUT2D eigenvalue weighted by molar-refractivity contribution is 0.282. The smallest absolute Gasteiger partial charge is 0.175 e. The molecule has 0 fully saturated rings. The summed E-state index contributed by atoms with van der Waals surface area (Å²) in [6, 6.07) is 29.5. The summed E-state index contributed by atoms with van der Waals surface area (Å²) in [5.74, 6) is 2.33. The Bertz CT molecular complexity index is 1530. The minimum Gasteiger partial charge on any atom is -0.493 e. The molecule has 4 aromatic carbocycles. The molecule has 1 aliphatic heterocycles. The lowest BCUT2D eigenvalue weighted by Gasteiger charge is -2.37. The summed E-state index contributed by atoms with van der Waals surface area (Å²) in [6.07, 6.45) is 7.65. The summed E-state index contributed by atoms with van der Waals surface area (Å²) in [6.45, 7) is 0.446. The van der Waals surface area contributed by atoms with E-state index in [2.05, 4.69) is 97.9 Å². The first-order valence-electron chi connectivity index (χ1n) is 13.0. The molecule has 0 bridgehead atoms. The Morgan fingerprint density at radius 1 is 0.974 bits per heavy atom. The van der Waals surface area contributed by atoms with E-state index in [1.165, 1.54) is 16.8 Å². The van der Waals surface area contributed by atoms with Crippen LogP contribution in [-0.4, -0.2) is 13.3 Å². The van der Waals surface area contributed by atoms with Gasteiger partial charge < -0.3 is 14.8 Å². The number of fused-ring (bicyclic) bond motifs is 3. The van der Waals surface area contributed by atoms with Crippen molar-refractivity contribution in [1.82, 2.24) is 0 Å². The minimum atomic E-state index is 0.281. The van der Waals surface area contributed by atoms with E-state index in [0.29, 0.717) is 29.9 Å². The third-order valence-electron chi connectivity index (χ3n) is 7.44. The Kier molecular flexibility index (Phi) is 7.58. The highest BCUT2D eigenvalue weighted by Crippen LogP contribution is 2.49. The maximum atomic E-state index is 6.08. The van der Waals surface area contributed by atoms with Crippen molar-refractivity contribution in [1.29, 1.82) is 0 Å². The van der Waals surface area contributed by atoms with Crippen LogP contribution in [0.4, 0.5) is 11.4 Å². The van der Waals surface area contributed by atoms with E-state index in [-0.39, 0.29) is 6.04 Å². The lowest BCUT2D eigenvalue weighted by Crippen LogP contribution is -2.28. The number of allylic oxidation sites excluding steroid dienone is 2. The first-order valence-corrected chi connectivity index (χ1v) is 14.6.